The quantitative estimate of drug-likeness (QED) is 0.781. The summed E-state index contributed by atoms with van der Waals surface area (Å²) in [7, 11) is 1.69. The van der Waals surface area contributed by atoms with Gasteiger partial charge in [0.1, 0.15) is 17.1 Å². The minimum absolute atomic E-state index is 0.255. The molecular weight excluding hydrogens is 284 g/mol. The monoisotopic (exact) mass is 306 g/mol. The van der Waals surface area contributed by atoms with Crippen molar-refractivity contribution in [2.45, 2.75) is 40.2 Å². The van der Waals surface area contributed by atoms with E-state index in [4.69, 9.17) is 21.3 Å². The van der Waals surface area contributed by atoms with Gasteiger partial charge in [-0.3, -0.25) is 0 Å². The van der Waals surface area contributed by atoms with E-state index in [9.17, 15) is 0 Å². The number of rotatable bonds is 4. The Labute approximate surface area is 131 Å². The Hall–Kier alpha value is -1.22. The van der Waals surface area contributed by atoms with Gasteiger partial charge in [0, 0.05) is 18.3 Å². The van der Waals surface area contributed by atoms with Gasteiger partial charge in [-0.05, 0) is 23.0 Å². The number of alkyl halides is 1. The molecule has 1 aromatic carbocycles. The molecule has 0 bridgehead atoms. The lowest BCUT2D eigenvalue weighted by atomic mass is 10.0. The largest absolute Gasteiger partial charge is 0.494 e. The number of benzene rings is 1. The first-order valence-corrected chi connectivity index (χ1v) is 7.99. The first kappa shape index (κ1) is 14.7. The van der Waals surface area contributed by atoms with Crippen LogP contribution in [0.15, 0.2) is 18.2 Å². The third-order valence-corrected chi connectivity index (χ3v) is 5.69. The molecule has 2 aromatic rings. The van der Waals surface area contributed by atoms with Gasteiger partial charge in [0.25, 0.3) is 0 Å². The van der Waals surface area contributed by atoms with Crippen LogP contribution in [0.4, 0.5) is 0 Å². The Kier molecular flexibility index (Phi) is 3.25. The Morgan fingerprint density at radius 3 is 2.43 bits per heavy atom. The number of hydrogen-bond acceptors (Lipinski definition) is 2. The van der Waals surface area contributed by atoms with E-state index in [2.05, 4.69) is 38.3 Å². The molecule has 0 spiro atoms. The zero-order valence-corrected chi connectivity index (χ0v) is 14.2. The number of ether oxygens (including phenoxy) is 1. The second-order valence-corrected chi connectivity index (χ2v) is 7.39. The molecule has 0 atom stereocenters. The molecule has 3 rings (SSSR count). The highest BCUT2D eigenvalue weighted by Gasteiger charge is 2.66. The molecule has 0 aliphatic heterocycles. The number of halogens is 1. The number of fused-ring (bicyclic) bond motifs is 1. The number of para-hydroxylation sites is 1. The molecule has 0 amide bonds. The number of methoxy groups -OCH3 is 1. The highest BCUT2D eigenvalue weighted by Crippen LogP contribution is 2.72. The van der Waals surface area contributed by atoms with Crippen LogP contribution in [0.3, 0.4) is 0 Å². The Balaban J connectivity index is 2.24. The van der Waals surface area contributed by atoms with Crippen molar-refractivity contribution in [1.82, 2.24) is 9.55 Å². The third-order valence-electron chi connectivity index (χ3n) is 5.50. The van der Waals surface area contributed by atoms with E-state index in [-0.39, 0.29) is 10.8 Å². The number of imidazole rings is 1. The Bertz CT molecular complexity index is 673. The molecule has 1 aromatic heterocycles. The molecule has 0 saturated heterocycles. The summed E-state index contributed by atoms with van der Waals surface area (Å²) in [6.07, 6.45) is 0.780. The second kappa shape index (κ2) is 4.64. The third kappa shape index (κ3) is 1.90. The van der Waals surface area contributed by atoms with Crippen molar-refractivity contribution in [1.29, 1.82) is 0 Å². The lowest BCUT2D eigenvalue weighted by molar-refractivity contribution is 0.419. The highest BCUT2D eigenvalue weighted by atomic mass is 35.5. The Morgan fingerprint density at radius 1 is 1.24 bits per heavy atom. The van der Waals surface area contributed by atoms with Gasteiger partial charge < -0.3 is 9.30 Å². The fourth-order valence-corrected chi connectivity index (χ4v) is 3.83. The first-order valence-electron chi connectivity index (χ1n) is 7.46. The van der Waals surface area contributed by atoms with Gasteiger partial charge in [0.05, 0.1) is 12.6 Å². The number of hydrogen-bond donors (Lipinski definition) is 0. The first-order chi connectivity index (χ1) is 9.86. The minimum atomic E-state index is 0.255. The van der Waals surface area contributed by atoms with Crippen molar-refractivity contribution in [3.05, 3.63) is 24.0 Å². The fraction of sp³-hybridized carbons (Fsp3) is 0.588. The molecule has 4 heteroatoms. The van der Waals surface area contributed by atoms with Crippen molar-refractivity contribution in [3.63, 3.8) is 0 Å². The van der Waals surface area contributed by atoms with Crippen LogP contribution < -0.4 is 4.74 Å². The van der Waals surface area contributed by atoms with Gasteiger partial charge in [-0.2, -0.15) is 0 Å². The molecule has 3 nitrogen and oxygen atoms in total. The van der Waals surface area contributed by atoms with E-state index in [1.54, 1.807) is 7.11 Å². The summed E-state index contributed by atoms with van der Waals surface area (Å²) in [5.74, 6) is 2.48. The van der Waals surface area contributed by atoms with Crippen LogP contribution in [0.25, 0.3) is 11.0 Å². The maximum Gasteiger partial charge on any atom is 0.146 e. The number of nitrogens with zero attached hydrogens (tertiary/aromatic N) is 2. The Morgan fingerprint density at radius 2 is 1.90 bits per heavy atom. The van der Waals surface area contributed by atoms with E-state index in [1.807, 2.05) is 12.1 Å². The summed E-state index contributed by atoms with van der Waals surface area (Å²) < 4.78 is 7.86. The lowest BCUT2D eigenvalue weighted by Crippen LogP contribution is -2.07. The minimum Gasteiger partial charge on any atom is -0.494 e. The summed E-state index contributed by atoms with van der Waals surface area (Å²) in [4.78, 5) is 4.82. The van der Waals surface area contributed by atoms with Crippen molar-refractivity contribution in [2.75, 3.05) is 13.0 Å². The summed E-state index contributed by atoms with van der Waals surface area (Å²) in [5.41, 5.74) is 2.60. The maximum absolute atomic E-state index is 5.99. The summed E-state index contributed by atoms with van der Waals surface area (Å²) >= 11 is 5.99. The van der Waals surface area contributed by atoms with E-state index < -0.39 is 0 Å². The molecule has 1 aliphatic rings. The molecular formula is C17H23ClN2O. The van der Waals surface area contributed by atoms with Crippen molar-refractivity contribution < 1.29 is 4.74 Å². The zero-order chi connectivity index (χ0) is 15.4. The van der Waals surface area contributed by atoms with Gasteiger partial charge in [-0.25, -0.2) is 4.98 Å². The standard InChI is InChI=1S/C17H23ClN2O/c1-16(2)15(17(16,3)4)20-11-7-6-8-12(21-5)14(11)19-13(20)9-10-18/h6-8,15H,9-10H2,1-5H3. The topological polar surface area (TPSA) is 27.1 Å². The predicted molar refractivity (Wildman–Crippen MR) is 87.3 cm³/mol. The summed E-state index contributed by atoms with van der Waals surface area (Å²) in [6, 6.07) is 6.58. The predicted octanol–water partition coefficient (Wildman–Crippen LogP) is 4.43. The molecule has 114 valence electrons. The van der Waals surface area contributed by atoms with Crippen molar-refractivity contribution >= 4 is 22.6 Å². The van der Waals surface area contributed by atoms with Gasteiger partial charge in [-0.15, -0.1) is 11.6 Å². The van der Waals surface area contributed by atoms with Gasteiger partial charge >= 0.3 is 0 Å². The average molecular weight is 307 g/mol. The van der Waals surface area contributed by atoms with E-state index in [0.29, 0.717) is 11.9 Å². The van der Waals surface area contributed by atoms with Gasteiger partial charge in [0.15, 0.2) is 0 Å². The van der Waals surface area contributed by atoms with E-state index >= 15 is 0 Å². The van der Waals surface area contributed by atoms with Crippen LogP contribution >= 0.6 is 11.6 Å². The molecule has 21 heavy (non-hydrogen) atoms. The van der Waals surface area contributed by atoms with Crippen LogP contribution in [0, 0.1) is 10.8 Å². The fourth-order valence-electron chi connectivity index (χ4n) is 3.66. The second-order valence-electron chi connectivity index (χ2n) is 7.01. The number of aromatic nitrogens is 2. The van der Waals surface area contributed by atoms with Crippen LogP contribution in [0.5, 0.6) is 5.75 Å². The lowest BCUT2D eigenvalue weighted by Gasteiger charge is -2.11. The molecule has 1 saturated carbocycles. The molecule has 1 aliphatic carbocycles. The summed E-state index contributed by atoms with van der Waals surface area (Å²) in [5, 5.41) is 0. The summed E-state index contributed by atoms with van der Waals surface area (Å²) in [6.45, 7) is 9.31. The van der Waals surface area contributed by atoms with Crippen LogP contribution in [-0.4, -0.2) is 22.5 Å². The van der Waals surface area contributed by atoms with Gasteiger partial charge in [-0.1, -0.05) is 33.8 Å². The average Bonchev–Trinajstić information content (AvgIpc) is 2.72. The smallest absolute Gasteiger partial charge is 0.146 e. The number of aryl methyl sites for hydroxylation is 1. The van der Waals surface area contributed by atoms with E-state index in [1.165, 1.54) is 0 Å². The molecule has 0 unspecified atom stereocenters. The maximum atomic E-state index is 5.99. The molecule has 0 N–H and O–H groups in total. The van der Waals surface area contributed by atoms with E-state index in [0.717, 1.165) is 29.0 Å². The molecule has 1 fully saturated rings. The van der Waals surface area contributed by atoms with Gasteiger partial charge in [0.2, 0.25) is 0 Å². The normalized spacial score (nSPS) is 19.9. The van der Waals surface area contributed by atoms with Crippen LogP contribution in [0.1, 0.15) is 39.6 Å². The van der Waals surface area contributed by atoms with Crippen molar-refractivity contribution in [3.8, 4) is 5.75 Å². The highest BCUT2D eigenvalue weighted by molar-refractivity contribution is 6.17. The zero-order valence-electron chi connectivity index (χ0n) is 13.4. The van der Waals surface area contributed by atoms with Crippen molar-refractivity contribution in [2.24, 2.45) is 10.8 Å². The van der Waals surface area contributed by atoms with Crippen LogP contribution in [-0.2, 0) is 6.42 Å². The molecule has 0 radical (unpaired) electrons. The SMILES string of the molecule is COc1cccc2c1nc(CCCl)n2C1C(C)(C)C1(C)C. The molecule has 1 heterocycles. The van der Waals surface area contributed by atoms with Crippen LogP contribution in [0.2, 0.25) is 0 Å².